The molecule has 1 heterocycles. The monoisotopic (exact) mass is 360 g/mol. The van der Waals surface area contributed by atoms with Crippen molar-refractivity contribution in [1.29, 1.82) is 0 Å². The van der Waals surface area contributed by atoms with Crippen LogP contribution in [-0.4, -0.2) is 24.0 Å². The Morgan fingerprint density at radius 1 is 1.12 bits per heavy atom. The van der Waals surface area contributed by atoms with E-state index in [1.165, 1.54) is 6.07 Å². The highest BCUT2D eigenvalue weighted by atomic mass is 35.5. The van der Waals surface area contributed by atoms with E-state index >= 15 is 0 Å². The number of carbonyl (C=O) groups is 1. The number of para-hydroxylation sites is 1. The van der Waals surface area contributed by atoms with Crippen LogP contribution in [0.5, 0.6) is 5.75 Å². The van der Waals surface area contributed by atoms with E-state index in [2.05, 4.69) is 10.3 Å². The van der Waals surface area contributed by atoms with Gasteiger partial charge < -0.3 is 10.1 Å². The molecule has 0 atom stereocenters. The zero-order valence-electron chi connectivity index (χ0n) is 12.6. The van der Waals surface area contributed by atoms with Gasteiger partial charge in [-0.1, -0.05) is 41.4 Å². The summed E-state index contributed by atoms with van der Waals surface area (Å²) < 4.78 is 5.72. The Morgan fingerprint density at radius 2 is 1.96 bits per heavy atom. The molecule has 1 aromatic heterocycles. The second-order valence-corrected chi connectivity index (χ2v) is 5.90. The van der Waals surface area contributed by atoms with Crippen LogP contribution in [0.3, 0.4) is 0 Å². The number of aromatic nitrogens is 1. The highest BCUT2D eigenvalue weighted by Crippen LogP contribution is 2.23. The highest BCUT2D eigenvalue weighted by Gasteiger charge is 2.10. The van der Waals surface area contributed by atoms with Crippen LogP contribution < -0.4 is 10.1 Å². The van der Waals surface area contributed by atoms with Crippen LogP contribution in [-0.2, 0) is 0 Å². The minimum Gasteiger partial charge on any atom is -0.489 e. The Hall–Kier alpha value is -2.30. The number of hydrogen-bond acceptors (Lipinski definition) is 3. The predicted octanol–water partition coefficient (Wildman–Crippen LogP) is 4.35. The molecule has 0 unspecified atom stereocenters. The maximum absolute atomic E-state index is 12.1. The topological polar surface area (TPSA) is 51.2 Å². The number of pyridine rings is 1. The summed E-state index contributed by atoms with van der Waals surface area (Å²) in [7, 11) is 0. The summed E-state index contributed by atoms with van der Waals surface area (Å²) in [5.41, 5.74) is 1.18. The van der Waals surface area contributed by atoms with Gasteiger partial charge in [-0.15, -0.1) is 0 Å². The van der Waals surface area contributed by atoms with Crippen molar-refractivity contribution in [1.82, 2.24) is 10.3 Å². The molecule has 122 valence electrons. The number of carbonyl (C=O) groups excluding carboxylic acids is 1. The zero-order chi connectivity index (χ0) is 16.9. The van der Waals surface area contributed by atoms with Crippen molar-refractivity contribution in [3.63, 3.8) is 0 Å². The third-order valence-corrected chi connectivity index (χ3v) is 3.96. The smallest absolute Gasteiger partial charge is 0.252 e. The Labute approximate surface area is 149 Å². The Kier molecular flexibility index (Phi) is 5.18. The summed E-state index contributed by atoms with van der Waals surface area (Å²) in [4.78, 5) is 16.4. The number of amides is 1. The molecule has 3 rings (SSSR count). The first-order chi connectivity index (χ1) is 11.6. The van der Waals surface area contributed by atoms with Crippen LogP contribution in [0, 0.1) is 0 Å². The number of nitrogens with one attached hydrogen (secondary N) is 1. The van der Waals surface area contributed by atoms with E-state index in [1.807, 2.05) is 30.3 Å². The standard InChI is InChI=1S/C18H14Cl2N2O2/c19-13-6-7-14(15(20)11-13)18(23)22-9-10-24-16-5-1-3-12-4-2-8-21-17(12)16/h1-8,11H,9-10H2,(H,22,23). The molecule has 6 heteroatoms. The maximum atomic E-state index is 12.1. The van der Waals surface area contributed by atoms with Crippen molar-refractivity contribution in [2.75, 3.05) is 13.2 Å². The van der Waals surface area contributed by atoms with Gasteiger partial charge in [-0.3, -0.25) is 9.78 Å². The van der Waals surface area contributed by atoms with Gasteiger partial charge in [-0.05, 0) is 30.3 Å². The molecule has 1 amide bonds. The van der Waals surface area contributed by atoms with Gasteiger partial charge in [0, 0.05) is 16.6 Å². The molecule has 0 aliphatic heterocycles. The molecule has 1 N–H and O–H groups in total. The van der Waals surface area contributed by atoms with Crippen molar-refractivity contribution < 1.29 is 9.53 Å². The van der Waals surface area contributed by atoms with Gasteiger partial charge in [0.1, 0.15) is 17.9 Å². The second-order valence-electron chi connectivity index (χ2n) is 5.06. The molecule has 0 saturated carbocycles. The number of halogens is 2. The van der Waals surface area contributed by atoms with Gasteiger partial charge in [-0.2, -0.15) is 0 Å². The molecule has 0 fully saturated rings. The van der Waals surface area contributed by atoms with Crippen LogP contribution in [0.2, 0.25) is 10.0 Å². The van der Waals surface area contributed by atoms with Gasteiger partial charge >= 0.3 is 0 Å². The van der Waals surface area contributed by atoms with Gasteiger partial charge in [0.2, 0.25) is 0 Å². The molecule has 24 heavy (non-hydrogen) atoms. The molecule has 0 saturated heterocycles. The van der Waals surface area contributed by atoms with E-state index < -0.39 is 0 Å². The number of ether oxygens (including phenoxy) is 1. The average Bonchev–Trinajstić information content (AvgIpc) is 2.58. The molecule has 0 aliphatic rings. The molecule has 0 spiro atoms. The van der Waals surface area contributed by atoms with Gasteiger partial charge in [0.25, 0.3) is 5.91 Å². The summed E-state index contributed by atoms with van der Waals surface area (Å²) in [6.07, 6.45) is 1.72. The molecule has 4 nitrogen and oxygen atoms in total. The lowest BCUT2D eigenvalue weighted by molar-refractivity contribution is 0.0947. The van der Waals surface area contributed by atoms with Gasteiger partial charge in [-0.25, -0.2) is 0 Å². The minimum atomic E-state index is -0.267. The lowest BCUT2D eigenvalue weighted by atomic mass is 10.2. The summed E-state index contributed by atoms with van der Waals surface area (Å²) >= 11 is 11.8. The number of nitrogens with zero attached hydrogens (tertiary/aromatic N) is 1. The van der Waals surface area contributed by atoms with Gasteiger partial charge in [0.15, 0.2) is 0 Å². The Balaban J connectivity index is 1.58. The van der Waals surface area contributed by atoms with Crippen molar-refractivity contribution in [3.8, 4) is 5.75 Å². The fourth-order valence-electron chi connectivity index (χ4n) is 2.29. The molecule has 0 bridgehead atoms. The average molecular weight is 361 g/mol. The molecule has 2 aromatic carbocycles. The first-order valence-electron chi connectivity index (χ1n) is 7.35. The second kappa shape index (κ2) is 7.51. The molecule has 0 aliphatic carbocycles. The maximum Gasteiger partial charge on any atom is 0.252 e. The van der Waals surface area contributed by atoms with Crippen molar-refractivity contribution >= 4 is 40.0 Å². The van der Waals surface area contributed by atoms with E-state index in [0.29, 0.717) is 34.5 Å². The summed E-state index contributed by atoms with van der Waals surface area (Å²) in [5.74, 6) is 0.420. The van der Waals surface area contributed by atoms with E-state index in [-0.39, 0.29) is 5.91 Å². The summed E-state index contributed by atoms with van der Waals surface area (Å²) in [6.45, 7) is 0.674. The van der Waals surface area contributed by atoms with Crippen LogP contribution in [0.15, 0.2) is 54.7 Å². The largest absolute Gasteiger partial charge is 0.489 e. The van der Waals surface area contributed by atoms with Crippen LogP contribution in [0.1, 0.15) is 10.4 Å². The summed E-state index contributed by atoms with van der Waals surface area (Å²) in [5, 5.41) is 4.58. The lowest BCUT2D eigenvalue weighted by Crippen LogP contribution is -2.28. The predicted molar refractivity (Wildman–Crippen MR) is 96.0 cm³/mol. The van der Waals surface area contributed by atoms with Crippen LogP contribution in [0.25, 0.3) is 10.9 Å². The van der Waals surface area contributed by atoms with Crippen molar-refractivity contribution in [2.24, 2.45) is 0 Å². The Bertz CT molecular complexity index is 879. The third-order valence-electron chi connectivity index (χ3n) is 3.42. The number of rotatable bonds is 5. The van der Waals surface area contributed by atoms with E-state index in [9.17, 15) is 4.79 Å². The molecular formula is C18H14Cl2N2O2. The first-order valence-corrected chi connectivity index (χ1v) is 8.10. The number of benzene rings is 2. The van der Waals surface area contributed by atoms with Crippen LogP contribution >= 0.6 is 23.2 Å². The van der Waals surface area contributed by atoms with Gasteiger partial charge in [0.05, 0.1) is 17.1 Å². The SMILES string of the molecule is O=C(NCCOc1cccc2cccnc12)c1ccc(Cl)cc1Cl. The molecular weight excluding hydrogens is 347 g/mol. The number of fused-ring (bicyclic) bond motifs is 1. The summed E-state index contributed by atoms with van der Waals surface area (Å²) in [6, 6.07) is 14.3. The fraction of sp³-hybridized carbons (Fsp3) is 0.111. The van der Waals surface area contributed by atoms with E-state index in [0.717, 1.165) is 10.9 Å². The normalized spacial score (nSPS) is 10.6. The quantitative estimate of drug-likeness (QED) is 0.688. The third kappa shape index (κ3) is 3.78. The Morgan fingerprint density at radius 3 is 2.79 bits per heavy atom. The highest BCUT2D eigenvalue weighted by molar-refractivity contribution is 6.36. The van der Waals surface area contributed by atoms with Crippen molar-refractivity contribution in [2.45, 2.75) is 0 Å². The number of hydrogen-bond donors (Lipinski definition) is 1. The minimum absolute atomic E-state index is 0.267. The lowest BCUT2D eigenvalue weighted by Gasteiger charge is -2.10. The van der Waals surface area contributed by atoms with E-state index in [4.69, 9.17) is 27.9 Å². The van der Waals surface area contributed by atoms with Crippen molar-refractivity contribution in [3.05, 3.63) is 70.3 Å². The first kappa shape index (κ1) is 16.6. The zero-order valence-corrected chi connectivity index (χ0v) is 14.1. The van der Waals surface area contributed by atoms with E-state index in [1.54, 1.807) is 18.3 Å². The van der Waals surface area contributed by atoms with Crippen LogP contribution in [0.4, 0.5) is 0 Å². The molecule has 3 aromatic rings. The molecule has 0 radical (unpaired) electrons. The fourth-order valence-corrected chi connectivity index (χ4v) is 2.78.